The van der Waals surface area contributed by atoms with Crippen LogP contribution < -0.4 is 4.74 Å². The molecule has 0 aliphatic rings. The summed E-state index contributed by atoms with van der Waals surface area (Å²) >= 11 is 0. The highest BCUT2D eigenvalue weighted by molar-refractivity contribution is 8.13. The highest BCUT2D eigenvalue weighted by Gasteiger charge is 2.17. The summed E-state index contributed by atoms with van der Waals surface area (Å²) in [5.41, 5.74) is 0.340. The van der Waals surface area contributed by atoms with Gasteiger partial charge < -0.3 is 9.84 Å². The van der Waals surface area contributed by atoms with Crippen molar-refractivity contribution in [1.29, 1.82) is 0 Å². The summed E-state index contributed by atoms with van der Waals surface area (Å²) in [6, 6.07) is 4.03. The molecule has 1 aromatic rings. The van der Waals surface area contributed by atoms with Gasteiger partial charge in [0.15, 0.2) is 0 Å². The minimum absolute atomic E-state index is 0.0872. The number of carboxylic acid groups (broad SMARTS) is 1. The Balaban J connectivity index is 3.27. The zero-order valence-corrected chi connectivity index (χ0v) is 9.88. The van der Waals surface area contributed by atoms with Gasteiger partial charge in [0, 0.05) is 10.7 Å². The summed E-state index contributed by atoms with van der Waals surface area (Å²) in [5.74, 6) is -0.966. The van der Waals surface area contributed by atoms with E-state index in [4.69, 9.17) is 20.5 Å². The van der Waals surface area contributed by atoms with Gasteiger partial charge in [0.2, 0.25) is 0 Å². The average Bonchev–Trinajstić information content (AvgIpc) is 2.15. The Kier molecular flexibility index (Phi) is 3.77. The second-order valence-electron chi connectivity index (χ2n) is 2.99. The zero-order valence-electron chi connectivity index (χ0n) is 8.31. The molecule has 0 aromatic heterocycles. The van der Waals surface area contributed by atoms with Crippen LogP contribution in [0.25, 0.3) is 0 Å². The van der Waals surface area contributed by atoms with Crippen molar-refractivity contribution in [2.24, 2.45) is 0 Å². The van der Waals surface area contributed by atoms with Gasteiger partial charge in [0.05, 0.1) is 13.5 Å². The fourth-order valence-corrected chi connectivity index (χ4v) is 2.24. The third-order valence-corrected chi connectivity index (χ3v) is 3.19. The number of carboxylic acids is 1. The fraction of sp³-hybridized carbons (Fsp3) is 0.222. The Morgan fingerprint density at radius 2 is 2.12 bits per heavy atom. The van der Waals surface area contributed by atoms with Crippen molar-refractivity contribution in [3.63, 3.8) is 0 Å². The van der Waals surface area contributed by atoms with E-state index in [-0.39, 0.29) is 17.1 Å². The van der Waals surface area contributed by atoms with Crippen molar-refractivity contribution >= 4 is 25.7 Å². The number of aliphatic carboxylic acids is 1. The second kappa shape index (κ2) is 4.71. The Morgan fingerprint density at radius 3 is 2.56 bits per heavy atom. The zero-order chi connectivity index (χ0) is 12.3. The van der Waals surface area contributed by atoms with E-state index in [2.05, 4.69) is 0 Å². The molecule has 0 aliphatic heterocycles. The Hall–Kier alpha value is -1.27. The SMILES string of the molecule is COc1ccc(CC(=O)O)cc1S(=O)(=O)Cl. The molecule has 0 aliphatic carbocycles. The third kappa shape index (κ3) is 3.11. The Labute approximate surface area is 97.0 Å². The molecule has 0 atom stereocenters. The number of rotatable bonds is 4. The molecule has 1 rings (SSSR count). The number of hydrogen-bond donors (Lipinski definition) is 1. The summed E-state index contributed by atoms with van der Waals surface area (Å²) in [6.45, 7) is 0. The molecule has 1 N–H and O–H groups in total. The third-order valence-electron chi connectivity index (χ3n) is 1.85. The number of carbonyl (C=O) groups is 1. The average molecular weight is 265 g/mol. The summed E-state index contributed by atoms with van der Waals surface area (Å²) in [4.78, 5) is 10.2. The molecule has 0 unspecified atom stereocenters. The Bertz CT molecular complexity index is 509. The minimum atomic E-state index is -3.95. The summed E-state index contributed by atoms with van der Waals surface area (Å²) in [5, 5.41) is 8.57. The lowest BCUT2D eigenvalue weighted by Gasteiger charge is -2.07. The van der Waals surface area contributed by atoms with Crippen molar-refractivity contribution in [1.82, 2.24) is 0 Å². The molecule has 88 valence electrons. The van der Waals surface area contributed by atoms with Crippen LogP contribution in [0.15, 0.2) is 23.1 Å². The van der Waals surface area contributed by atoms with Gasteiger partial charge in [-0.25, -0.2) is 8.42 Å². The highest BCUT2D eigenvalue weighted by Crippen LogP contribution is 2.27. The lowest BCUT2D eigenvalue weighted by Crippen LogP contribution is -2.03. The van der Waals surface area contributed by atoms with Crippen LogP contribution in [-0.4, -0.2) is 26.6 Å². The summed E-state index contributed by atoms with van der Waals surface area (Å²) in [6.07, 6.45) is -0.274. The van der Waals surface area contributed by atoms with E-state index < -0.39 is 15.0 Å². The molecule has 0 saturated carbocycles. The van der Waals surface area contributed by atoms with E-state index in [0.717, 1.165) is 0 Å². The predicted molar refractivity (Wildman–Crippen MR) is 57.4 cm³/mol. The maximum Gasteiger partial charge on any atom is 0.307 e. The second-order valence-corrected chi connectivity index (χ2v) is 5.53. The van der Waals surface area contributed by atoms with E-state index in [9.17, 15) is 13.2 Å². The molecule has 0 radical (unpaired) electrons. The quantitative estimate of drug-likeness (QED) is 0.828. The predicted octanol–water partition coefficient (Wildman–Crippen LogP) is 1.25. The van der Waals surface area contributed by atoms with Crippen molar-refractivity contribution < 1.29 is 23.1 Å². The van der Waals surface area contributed by atoms with Crippen LogP contribution in [0.2, 0.25) is 0 Å². The number of ether oxygens (including phenoxy) is 1. The fourth-order valence-electron chi connectivity index (χ4n) is 1.20. The van der Waals surface area contributed by atoms with Gasteiger partial charge in [-0.3, -0.25) is 4.79 Å². The van der Waals surface area contributed by atoms with Crippen molar-refractivity contribution in [3.05, 3.63) is 23.8 Å². The smallest absolute Gasteiger partial charge is 0.307 e. The van der Waals surface area contributed by atoms with Gasteiger partial charge in [-0.2, -0.15) is 0 Å². The first-order chi connectivity index (χ1) is 7.34. The molecule has 0 bridgehead atoms. The molecule has 5 nitrogen and oxygen atoms in total. The molecule has 0 spiro atoms. The Morgan fingerprint density at radius 1 is 1.50 bits per heavy atom. The lowest BCUT2D eigenvalue weighted by molar-refractivity contribution is -0.136. The highest BCUT2D eigenvalue weighted by atomic mass is 35.7. The van der Waals surface area contributed by atoms with E-state index in [0.29, 0.717) is 5.56 Å². The lowest BCUT2D eigenvalue weighted by atomic mass is 10.1. The molecule has 0 fully saturated rings. The first-order valence-corrected chi connectivity index (χ1v) is 6.49. The summed E-state index contributed by atoms with van der Waals surface area (Å²) < 4.78 is 27.2. The molecule has 0 saturated heterocycles. The van der Waals surface area contributed by atoms with Gasteiger partial charge in [0.1, 0.15) is 10.6 Å². The van der Waals surface area contributed by atoms with Crippen molar-refractivity contribution in [2.75, 3.05) is 7.11 Å². The maximum absolute atomic E-state index is 11.2. The topological polar surface area (TPSA) is 80.7 Å². The number of methoxy groups -OCH3 is 1. The summed E-state index contributed by atoms with van der Waals surface area (Å²) in [7, 11) is 2.55. The first-order valence-electron chi connectivity index (χ1n) is 4.18. The van der Waals surface area contributed by atoms with Gasteiger partial charge in [-0.05, 0) is 17.7 Å². The van der Waals surface area contributed by atoms with Crippen LogP contribution in [-0.2, 0) is 20.3 Å². The van der Waals surface area contributed by atoms with Crippen molar-refractivity contribution in [3.8, 4) is 5.75 Å². The van der Waals surface area contributed by atoms with Gasteiger partial charge in [0.25, 0.3) is 9.05 Å². The molecular weight excluding hydrogens is 256 g/mol. The molecule has 1 aromatic carbocycles. The maximum atomic E-state index is 11.2. The first kappa shape index (κ1) is 12.8. The normalized spacial score (nSPS) is 11.1. The van der Waals surface area contributed by atoms with E-state index in [1.54, 1.807) is 0 Å². The molecule has 16 heavy (non-hydrogen) atoms. The molecule has 7 heteroatoms. The van der Waals surface area contributed by atoms with Crippen LogP contribution in [0.1, 0.15) is 5.56 Å². The number of benzene rings is 1. The minimum Gasteiger partial charge on any atom is -0.495 e. The largest absolute Gasteiger partial charge is 0.495 e. The standard InChI is InChI=1S/C9H9ClO5S/c1-15-7-3-2-6(5-9(11)12)4-8(7)16(10,13)14/h2-4H,5H2,1H3,(H,11,12). The molecule has 0 heterocycles. The monoisotopic (exact) mass is 264 g/mol. The van der Waals surface area contributed by atoms with Crippen LogP contribution in [0.3, 0.4) is 0 Å². The van der Waals surface area contributed by atoms with E-state index in [1.807, 2.05) is 0 Å². The molecule has 0 amide bonds. The van der Waals surface area contributed by atoms with Crippen LogP contribution in [0.5, 0.6) is 5.75 Å². The van der Waals surface area contributed by atoms with Gasteiger partial charge in [-0.1, -0.05) is 6.07 Å². The van der Waals surface area contributed by atoms with Gasteiger partial charge >= 0.3 is 5.97 Å². The van der Waals surface area contributed by atoms with Crippen LogP contribution in [0.4, 0.5) is 0 Å². The number of hydrogen-bond acceptors (Lipinski definition) is 4. The van der Waals surface area contributed by atoms with Crippen molar-refractivity contribution in [2.45, 2.75) is 11.3 Å². The molecular formula is C9H9ClO5S. The van der Waals surface area contributed by atoms with Crippen LogP contribution >= 0.6 is 10.7 Å². The van der Waals surface area contributed by atoms with Gasteiger partial charge in [-0.15, -0.1) is 0 Å². The van der Waals surface area contributed by atoms with Crippen LogP contribution in [0, 0.1) is 0 Å². The van der Waals surface area contributed by atoms with E-state index in [1.165, 1.54) is 25.3 Å². The number of halogens is 1. The van der Waals surface area contributed by atoms with E-state index >= 15 is 0 Å².